The number of unbranched alkanes of at least 4 members (excludes halogenated alkanes) is 29. The van der Waals surface area contributed by atoms with Gasteiger partial charge in [0.05, 0.1) is 13.2 Å². The number of carboxylic acids is 1. The van der Waals surface area contributed by atoms with Crippen molar-refractivity contribution in [2.45, 2.75) is 257 Å². The van der Waals surface area contributed by atoms with Gasteiger partial charge in [0.2, 0.25) is 11.8 Å². The van der Waals surface area contributed by atoms with E-state index in [9.17, 15) is 19.2 Å². The molecular weight excluding hydrogens is 693 g/mol. The van der Waals surface area contributed by atoms with Crippen molar-refractivity contribution < 1.29 is 34.1 Å². The van der Waals surface area contributed by atoms with Gasteiger partial charge in [-0.1, -0.05) is 194 Å². The number of carbonyl (C=O) groups excluding carboxylic acids is 3. The molecule has 0 aromatic rings. The fourth-order valence-electron chi connectivity index (χ4n) is 7.25. The highest BCUT2D eigenvalue weighted by Crippen LogP contribution is 2.19. The molecule has 4 N–H and O–H groups in total. The van der Waals surface area contributed by atoms with Crippen molar-refractivity contribution in [1.82, 2.24) is 10.6 Å². The topological polar surface area (TPSA) is 142 Å². The summed E-state index contributed by atoms with van der Waals surface area (Å²) in [4.78, 5) is 47.6. The van der Waals surface area contributed by atoms with Gasteiger partial charge in [-0.2, -0.15) is 0 Å². The van der Waals surface area contributed by atoms with Crippen LogP contribution in [0.3, 0.4) is 0 Å². The number of hydrogen-bond acceptors (Lipinski definition) is 6. The molecule has 0 aliphatic carbocycles. The lowest BCUT2D eigenvalue weighted by atomic mass is 10.0. The molecule has 0 aromatic heterocycles. The highest BCUT2D eigenvalue weighted by molar-refractivity contribution is 5.87. The molecule has 2 atom stereocenters. The molecule has 0 saturated carbocycles. The molecule has 9 heteroatoms. The number of aliphatic hydroxyl groups excluding tert-OH is 1. The van der Waals surface area contributed by atoms with Gasteiger partial charge >= 0.3 is 11.9 Å². The van der Waals surface area contributed by atoms with Crippen LogP contribution in [0.4, 0.5) is 0 Å². The van der Waals surface area contributed by atoms with Crippen LogP contribution in [-0.4, -0.2) is 59.3 Å². The number of aliphatic carboxylic acids is 1. The Balaban J connectivity index is 4.14. The summed E-state index contributed by atoms with van der Waals surface area (Å²) < 4.78 is 6.03. The van der Waals surface area contributed by atoms with Gasteiger partial charge < -0.3 is 25.6 Å². The molecule has 0 aliphatic rings. The van der Waals surface area contributed by atoms with E-state index in [0.717, 1.165) is 57.8 Å². The number of ether oxygens (including phenoxy) is 1. The molecule has 0 aliphatic heterocycles. The number of rotatable bonds is 43. The Morgan fingerprint density at radius 3 is 1.18 bits per heavy atom. The number of esters is 1. The van der Waals surface area contributed by atoms with Crippen molar-refractivity contribution in [2.24, 2.45) is 0 Å². The third-order valence-electron chi connectivity index (χ3n) is 10.9. The second kappa shape index (κ2) is 41.5. The summed E-state index contributed by atoms with van der Waals surface area (Å²) in [5.74, 6) is -2.27. The van der Waals surface area contributed by atoms with Gasteiger partial charge in [-0.15, -0.1) is 0 Å². The Morgan fingerprint density at radius 1 is 0.473 bits per heavy atom. The van der Waals surface area contributed by atoms with Gasteiger partial charge in [0.1, 0.15) is 12.1 Å². The first-order valence-corrected chi connectivity index (χ1v) is 23.4. The van der Waals surface area contributed by atoms with Crippen LogP contribution in [0, 0.1) is 0 Å². The lowest BCUT2D eigenvalue weighted by molar-refractivity contribution is -0.150. The van der Waals surface area contributed by atoms with Crippen molar-refractivity contribution in [3.8, 4) is 0 Å². The fraction of sp³-hybridized carbons (Fsp3) is 0.913. The normalized spacial score (nSPS) is 12.3. The second-order valence-electron chi connectivity index (χ2n) is 16.2. The lowest BCUT2D eigenvalue weighted by Gasteiger charge is -2.18. The van der Waals surface area contributed by atoms with Crippen LogP contribution in [0.15, 0.2) is 0 Å². The van der Waals surface area contributed by atoms with Crippen molar-refractivity contribution in [2.75, 3.05) is 13.2 Å². The first kappa shape index (κ1) is 52.8. The van der Waals surface area contributed by atoms with Gasteiger partial charge in [-0.05, 0) is 38.5 Å². The second-order valence-corrected chi connectivity index (χ2v) is 16.2. The van der Waals surface area contributed by atoms with Gasteiger partial charge in [0.15, 0.2) is 0 Å². The van der Waals surface area contributed by atoms with Gasteiger partial charge in [-0.3, -0.25) is 14.4 Å². The summed E-state index contributed by atoms with van der Waals surface area (Å²) in [7, 11) is 0. The van der Waals surface area contributed by atoms with Crippen LogP contribution in [0.1, 0.15) is 245 Å². The average molecular weight is 781 g/mol. The minimum absolute atomic E-state index is 0.00362. The predicted octanol–water partition coefficient (Wildman–Crippen LogP) is 11.7. The van der Waals surface area contributed by atoms with Crippen LogP contribution >= 0.6 is 0 Å². The number of carboxylic acid groups (broad SMARTS) is 1. The van der Waals surface area contributed by atoms with E-state index in [1.807, 2.05) is 0 Å². The lowest BCUT2D eigenvalue weighted by Crippen LogP contribution is -2.47. The zero-order chi connectivity index (χ0) is 40.5. The largest absolute Gasteiger partial charge is 0.480 e. The molecule has 0 fully saturated rings. The summed E-state index contributed by atoms with van der Waals surface area (Å²) in [6.45, 7) is 3.50. The van der Waals surface area contributed by atoms with E-state index in [2.05, 4.69) is 24.5 Å². The maximum absolute atomic E-state index is 12.8. The molecule has 0 radical (unpaired) electrons. The molecular formula is C46H88N2O7. The molecule has 55 heavy (non-hydrogen) atoms. The first-order chi connectivity index (χ1) is 26.8. The number of carbonyl (C=O) groups is 4. The molecule has 0 bridgehead atoms. The van der Waals surface area contributed by atoms with Crippen molar-refractivity contribution >= 4 is 23.8 Å². The zero-order valence-electron chi connectivity index (χ0n) is 36.0. The Kier molecular flexibility index (Phi) is 39.8. The maximum atomic E-state index is 12.8. The van der Waals surface area contributed by atoms with Crippen LogP contribution < -0.4 is 10.6 Å². The Hall–Kier alpha value is -2.16. The van der Waals surface area contributed by atoms with Gasteiger partial charge in [-0.25, -0.2) is 4.79 Å². The molecule has 0 rings (SSSR count). The van der Waals surface area contributed by atoms with Crippen LogP contribution in [-0.2, 0) is 23.9 Å². The summed E-state index contributed by atoms with van der Waals surface area (Å²) in [6.07, 6.45) is 42.8. The third kappa shape index (κ3) is 38.5. The number of amides is 2. The quantitative estimate of drug-likeness (QED) is 0.0356. The molecule has 9 nitrogen and oxygen atoms in total. The van der Waals surface area contributed by atoms with Crippen LogP contribution in [0.5, 0.6) is 0 Å². The smallest absolute Gasteiger partial charge is 0.328 e. The van der Waals surface area contributed by atoms with Crippen molar-refractivity contribution in [3.05, 3.63) is 0 Å². The molecule has 0 saturated heterocycles. The number of hydrogen-bond donors (Lipinski definition) is 4. The first-order valence-electron chi connectivity index (χ1n) is 23.4. The minimum Gasteiger partial charge on any atom is -0.480 e. The highest BCUT2D eigenvalue weighted by atomic mass is 16.5. The van der Waals surface area contributed by atoms with Crippen LogP contribution in [0.2, 0.25) is 0 Å². The number of aliphatic hydroxyl groups is 1. The Labute approximate surface area is 338 Å². The molecule has 2 amide bonds. The van der Waals surface area contributed by atoms with Gasteiger partial charge in [0, 0.05) is 12.8 Å². The average Bonchev–Trinajstić information content (AvgIpc) is 3.17. The van der Waals surface area contributed by atoms with Gasteiger partial charge in [0.25, 0.3) is 0 Å². The predicted molar refractivity (Wildman–Crippen MR) is 227 cm³/mol. The Bertz CT molecular complexity index is 900. The van der Waals surface area contributed by atoms with Crippen LogP contribution in [0.25, 0.3) is 0 Å². The standard InChI is InChI=1S/C46H88N2O7/c1-3-5-7-9-11-13-14-15-16-17-18-19-20-21-23-25-30-34-38-45(52)55-41(35-31-27-24-22-12-10-8-6-4-2)36-32-28-26-29-33-37-43(50)47-39-44(51)48-42(40-49)46(53)54/h41-42,49H,3-40H2,1-2H3,(H,47,50)(H,48,51)(H,53,54). The third-order valence-corrected chi connectivity index (χ3v) is 10.9. The van der Waals surface area contributed by atoms with Crippen molar-refractivity contribution in [3.63, 3.8) is 0 Å². The molecule has 0 aromatic carbocycles. The summed E-state index contributed by atoms with van der Waals surface area (Å²) in [6, 6.07) is -1.38. The van der Waals surface area contributed by atoms with E-state index in [0.29, 0.717) is 19.3 Å². The summed E-state index contributed by atoms with van der Waals surface area (Å²) >= 11 is 0. The van der Waals surface area contributed by atoms with E-state index in [1.54, 1.807) is 0 Å². The SMILES string of the molecule is CCCCCCCCCCCCCCCCCCCCC(=O)OC(CCCCCCCCCCC)CCCCCCCC(=O)NCC(=O)NC(CO)C(=O)O. The maximum Gasteiger partial charge on any atom is 0.328 e. The number of nitrogens with one attached hydrogen (secondary N) is 2. The molecule has 324 valence electrons. The molecule has 0 heterocycles. The summed E-state index contributed by atoms with van der Waals surface area (Å²) in [5.41, 5.74) is 0. The van der Waals surface area contributed by atoms with E-state index >= 15 is 0 Å². The zero-order valence-corrected chi connectivity index (χ0v) is 36.0. The molecule has 0 spiro atoms. The minimum atomic E-state index is -1.38. The van der Waals surface area contributed by atoms with E-state index in [4.69, 9.17) is 14.9 Å². The summed E-state index contributed by atoms with van der Waals surface area (Å²) in [5, 5.41) is 22.6. The molecule has 2 unspecified atom stereocenters. The van der Waals surface area contributed by atoms with Crippen molar-refractivity contribution in [1.29, 1.82) is 0 Å². The van der Waals surface area contributed by atoms with E-state index in [-0.39, 0.29) is 24.5 Å². The Morgan fingerprint density at radius 2 is 0.818 bits per heavy atom. The monoisotopic (exact) mass is 781 g/mol. The van der Waals surface area contributed by atoms with E-state index < -0.39 is 24.5 Å². The highest BCUT2D eigenvalue weighted by Gasteiger charge is 2.19. The van der Waals surface area contributed by atoms with E-state index in [1.165, 1.54) is 154 Å². The fourth-order valence-corrected chi connectivity index (χ4v) is 7.25.